The average molecular weight is 243 g/mol. The molecule has 0 amide bonds. The molecule has 2 aromatic rings. The summed E-state index contributed by atoms with van der Waals surface area (Å²) in [5.41, 5.74) is 8.72. The van der Waals surface area contributed by atoms with Gasteiger partial charge in [0.2, 0.25) is 0 Å². The van der Waals surface area contributed by atoms with Crippen LogP contribution in [-0.2, 0) is 6.54 Å². The van der Waals surface area contributed by atoms with E-state index in [1.165, 1.54) is 19.3 Å². The van der Waals surface area contributed by atoms with Crippen molar-refractivity contribution in [3.8, 4) is 11.4 Å². The zero-order chi connectivity index (χ0) is 12.5. The number of rotatable bonds is 4. The Balaban J connectivity index is 1.85. The topological polar surface area (TPSA) is 69.6 Å². The molecule has 1 saturated carbocycles. The molecule has 3 rings (SSSR count). The SMILES string of the molecule is Cc1cc(-c2nnnn2CCC2CC2)ccc1N. The third-order valence-corrected chi connectivity index (χ3v) is 3.51. The minimum absolute atomic E-state index is 0.802. The fourth-order valence-electron chi connectivity index (χ4n) is 2.09. The number of nitrogens with zero attached hydrogens (tertiary/aromatic N) is 4. The van der Waals surface area contributed by atoms with Crippen molar-refractivity contribution in [3.63, 3.8) is 0 Å². The van der Waals surface area contributed by atoms with Gasteiger partial charge in [0.1, 0.15) is 0 Å². The molecule has 0 saturated heterocycles. The quantitative estimate of drug-likeness (QED) is 0.834. The molecule has 2 N–H and O–H groups in total. The number of nitrogens with two attached hydrogens (primary N) is 1. The number of nitrogen functional groups attached to an aromatic ring is 1. The first-order valence-electron chi connectivity index (χ1n) is 6.36. The van der Waals surface area contributed by atoms with Gasteiger partial charge in [0.25, 0.3) is 0 Å². The molecular weight excluding hydrogens is 226 g/mol. The lowest BCUT2D eigenvalue weighted by Gasteiger charge is -2.06. The molecule has 0 atom stereocenters. The van der Waals surface area contributed by atoms with Crippen LogP contribution in [0.25, 0.3) is 11.4 Å². The smallest absolute Gasteiger partial charge is 0.182 e. The van der Waals surface area contributed by atoms with Crippen molar-refractivity contribution in [1.29, 1.82) is 0 Å². The van der Waals surface area contributed by atoms with E-state index in [2.05, 4.69) is 15.5 Å². The van der Waals surface area contributed by atoms with Crippen LogP contribution in [0.15, 0.2) is 18.2 Å². The first-order valence-corrected chi connectivity index (χ1v) is 6.36. The van der Waals surface area contributed by atoms with Crippen molar-refractivity contribution >= 4 is 5.69 Å². The fourth-order valence-corrected chi connectivity index (χ4v) is 2.09. The van der Waals surface area contributed by atoms with E-state index in [4.69, 9.17) is 5.73 Å². The van der Waals surface area contributed by atoms with E-state index in [-0.39, 0.29) is 0 Å². The second kappa shape index (κ2) is 4.40. The third kappa shape index (κ3) is 2.20. The summed E-state index contributed by atoms with van der Waals surface area (Å²) in [5.74, 6) is 1.72. The Bertz CT molecular complexity index is 556. The van der Waals surface area contributed by atoms with Gasteiger partial charge in [-0.1, -0.05) is 12.8 Å². The average Bonchev–Trinajstić information content (AvgIpc) is 3.08. The van der Waals surface area contributed by atoms with Crippen LogP contribution in [0.3, 0.4) is 0 Å². The van der Waals surface area contributed by atoms with Crippen LogP contribution in [0.5, 0.6) is 0 Å². The van der Waals surface area contributed by atoms with Gasteiger partial charge >= 0.3 is 0 Å². The van der Waals surface area contributed by atoms with E-state index in [9.17, 15) is 0 Å². The van der Waals surface area contributed by atoms with Gasteiger partial charge in [0.15, 0.2) is 5.82 Å². The van der Waals surface area contributed by atoms with Gasteiger partial charge in [-0.2, -0.15) is 0 Å². The summed E-state index contributed by atoms with van der Waals surface area (Å²) in [6, 6.07) is 5.92. The lowest BCUT2D eigenvalue weighted by Crippen LogP contribution is -2.04. The number of hydrogen-bond donors (Lipinski definition) is 1. The van der Waals surface area contributed by atoms with Gasteiger partial charge in [-0.3, -0.25) is 0 Å². The fraction of sp³-hybridized carbons (Fsp3) is 0.462. The number of aromatic nitrogens is 4. The summed E-state index contributed by atoms with van der Waals surface area (Å²) < 4.78 is 1.89. The van der Waals surface area contributed by atoms with Crippen LogP contribution in [0.1, 0.15) is 24.8 Å². The Labute approximate surface area is 106 Å². The number of benzene rings is 1. The highest BCUT2D eigenvalue weighted by Gasteiger charge is 2.21. The lowest BCUT2D eigenvalue weighted by molar-refractivity contribution is 0.535. The number of anilines is 1. The molecule has 1 aliphatic carbocycles. The molecule has 1 aromatic heterocycles. The van der Waals surface area contributed by atoms with Crippen molar-refractivity contribution in [3.05, 3.63) is 23.8 Å². The van der Waals surface area contributed by atoms with Gasteiger partial charge in [0.05, 0.1) is 0 Å². The lowest BCUT2D eigenvalue weighted by atomic mass is 10.1. The molecule has 0 unspecified atom stereocenters. The maximum atomic E-state index is 5.83. The molecule has 5 nitrogen and oxygen atoms in total. The van der Waals surface area contributed by atoms with E-state index < -0.39 is 0 Å². The molecule has 1 heterocycles. The van der Waals surface area contributed by atoms with Crippen LogP contribution in [-0.4, -0.2) is 20.2 Å². The predicted octanol–water partition coefficient (Wildman–Crippen LogP) is 2.03. The molecule has 0 radical (unpaired) electrons. The molecule has 18 heavy (non-hydrogen) atoms. The highest BCUT2D eigenvalue weighted by molar-refractivity contribution is 5.61. The molecule has 0 bridgehead atoms. The monoisotopic (exact) mass is 243 g/mol. The summed E-state index contributed by atoms with van der Waals surface area (Å²) >= 11 is 0. The maximum absolute atomic E-state index is 5.83. The van der Waals surface area contributed by atoms with Crippen molar-refractivity contribution in [2.45, 2.75) is 32.7 Å². The zero-order valence-corrected chi connectivity index (χ0v) is 10.5. The standard InChI is InChI=1S/C13H17N5/c1-9-8-11(4-5-12(9)14)13-15-16-17-18(13)7-6-10-2-3-10/h4-5,8,10H,2-3,6-7,14H2,1H3. The van der Waals surface area contributed by atoms with E-state index in [1.54, 1.807) is 0 Å². The van der Waals surface area contributed by atoms with Crippen LogP contribution in [0.2, 0.25) is 0 Å². The zero-order valence-electron chi connectivity index (χ0n) is 10.5. The first kappa shape index (κ1) is 11.2. The van der Waals surface area contributed by atoms with Gasteiger partial charge in [-0.25, -0.2) is 4.68 Å². The minimum atomic E-state index is 0.802. The summed E-state index contributed by atoms with van der Waals surface area (Å²) in [5, 5.41) is 12.0. The molecule has 5 heteroatoms. The summed E-state index contributed by atoms with van der Waals surface area (Å²) in [6.07, 6.45) is 3.89. The second-order valence-electron chi connectivity index (χ2n) is 5.03. The Morgan fingerprint density at radius 2 is 2.22 bits per heavy atom. The third-order valence-electron chi connectivity index (χ3n) is 3.51. The highest BCUT2D eigenvalue weighted by Crippen LogP contribution is 2.33. The van der Waals surface area contributed by atoms with Crippen molar-refractivity contribution in [2.24, 2.45) is 5.92 Å². The summed E-state index contributed by atoms with van der Waals surface area (Å²) in [4.78, 5) is 0. The van der Waals surface area contributed by atoms with Crippen LogP contribution in [0, 0.1) is 12.8 Å². The van der Waals surface area contributed by atoms with Gasteiger partial charge < -0.3 is 5.73 Å². The molecule has 0 aliphatic heterocycles. The van der Waals surface area contributed by atoms with Gasteiger partial charge in [-0.05, 0) is 53.5 Å². The van der Waals surface area contributed by atoms with Crippen LogP contribution >= 0.6 is 0 Å². The van der Waals surface area contributed by atoms with E-state index in [0.29, 0.717) is 0 Å². The normalized spacial score (nSPS) is 14.9. The molecule has 0 spiro atoms. The van der Waals surface area contributed by atoms with E-state index in [0.717, 1.165) is 35.1 Å². The summed E-state index contributed by atoms with van der Waals surface area (Å²) in [6.45, 7) is 2.90. The Morgan fingerprint density at radius 1 is 1.39 bits per heavy atom. The molecule has 1 aliphatic rings. The second-order valence-corrected chi connectivity index (χ2v) is 5.03. The van der Waals surface area contributed by atoms with Crippen LogP contribution in [0.4, 0.5) is 5.69 Å². The summed E-state index contributed by atoms with van der Waals surface area (Å²) in [7, 11) is 0. The Hall–Kier alpha value is -1.91. The van der Waals surface area contributed by atoms with Crippen molar-refractivity contribution in [2.75, 3.05) is 5.73 Å². The first-order chi connectivity index (χ1) is 8.74. The Morgan fingerprint density at radius 3 is 2.94 bits per heavy atom. The van der Waals surface area contributed by atoms with Gasteiger partial charge in [-0.15, -0.1) is 5.10 Å². The molecule has 1 fully saturated rings. The molecule has 1 aromatic carbocycles. The van der Waals surface area contributed by atoms with E-state index in [1.807, 2.05) is 29.8 Å². The number of aryl methyl sites for hydroxylation is 2. The number of hydrogen-bond acceptors (Lipinski definition) is 4. The van der Waals surface area contributed by atoms with E-state index >= 15 is 0 Å². The maximum Gasteiger partial charge on any atom is 0.182 e. The number of tetrazole rings is 1. The van der Waals surface area contributed by atoms with Crippen molar-refractivity contribution < 1.29 is 0 Å². The predicted molar refractivity (Wildman–Crippen MR) is 69.7 cm³/mol. The van der Waals surface area contributed by atoms with Crippen molar-refractivity contribution in [1.82, 2.24) is 20.2 Å². The molecule has 94 valence electrons. The molecular formula is C13H17N5. The minimum Gasteiger partial charge on any atom is -0.399 e. The highest BCUT2D eigenvalue weighted by atomic mass is 15.5. The van der Waals surface area contributed by atoms with Crippen LogP contribution < -0.4 is 5.73 Å². The largest absolute Gasteiger partial charge is 0.399 e. The van der Waals surface area contributed by atoms with Gasteiger partial charge in [0, 0.05) is 17.8 Å². The Kier molecular flexibility index (Phi) is 2.74.